The molecule has 0 bridgehead atoms. The van der Waals surface area contributed by atoms with Crippen LogP contribution in [0.15, 0.2) is 70.2 Å². The molecule has 1 aromatic carbocycles. The van der Waals surface area contributed by atoms with Crippen LogP contribution in [0.4, 0.5) is 0 Å². The lowest BCUT2D eigenvalue weighted by atomic mass is 9.83. The van der Waals surface area contributed by atoms with E-state index in [-0.39, 0.29) is 23.9 Å². The van der Waals surface area contributed by atoms with Gasteiger partial charge >= 0.3 is 0 Å². The van der Waals surface area contributed by atoms with Gasteiger partial charge in [0.05, 0.1) is 4.91 Å². The van der Waals surface area contributed by atoms with Crippen molar-refractivity contribution in [1.29, 1.82) is 0 Å². The molecule has 1 aromatic rings. The van der Waals surface area contributed by atoms with E-state index >= 15 is 0 Å². The van der Waals surface area contributed by atoms with Crippen LogP contribution in [0, 0.1) is 11.8 Å². The number of aryl methyl sites for hydroxylation is 1. The van der Waals surface area contributed by atoms with Crippen LogP contribution in [0.1, 0.15) is 32.3 Å². The number of rotatable bonds is 8. The van der Waals surface area contributed by atoms with Crippen molar-refractivity contribution in [2.24, 2.45) is 22.6 Å². The predicted molar refractivity (Wildman–Crippen MR) is 115 cm³/mol. The molecule has 1 heterocycles. The van der Waals surface area contributed by atoms with E-state index in [0.717, 1.165) is 18.4 Å². The first kappa shape index (κ1) is 20.7. The molecule has 5 nitrogen and oxygen atoms in total. The van der Waals surface area contributed by atoms with Crippen molar-refractivity contribution in [1.82, 2.24) is 4.72 Å². The maximum absolute atomic E-state index is 12.9. The van der Waals surface area contributed by atoms with Crippen LogP contribution < -0.4 is 10.5 Å². The van der Waals surface area contributed by atoms with Gasteiger partial charge in [-0.3, -0.25) is 4.99 Å². The molecule has 0 amide bonds. The lowest BCUT2D eigenvalue weighted by Gasteiger charge is -2.27. The lowest BCUT2D eigenvalue weighted by Crippen LogP contribution is -2.38. The molecule has 0 radical (unpaired) electrons. The summed E-state index contributed by atoms with van der Waals surface area (Å²) in [6.07, 6.45) is 11.3. The molecule has 28 heavy (non-hydrogen) atoms. The van der Waals surface area contributed by atoms with E-state index in [2.05, 4.69) is 21.8 Å². The third-order valence-corrected chi connectivity index (χ3v) is 6.84. The van der Waals surface area contributed by atoms with Gasteiger partial charge in [0.25, 0.3) is 0 Å². The molecule has 1 aliphatic carbocycles. The van der Waals surface area contributed by atoms with Crippen LogP contribution in [-0.4, -0.2) is 26.7 Å². The van der Waals surface area contributed by atoms with Crippen LogP contribution in [0.2, 0.25) is 0 Å². The molecule has 2 aliphatic rings. The fourth-order valence-corrected chi connectivity index (χ4v) is 5.19. The summed E-state index contributed by atoms with van der Waals surface area (Å²) in [5.74, 6) is 0.233. The highest BCUT2D eigenvalue weighted by atomic mass is 32.2. The Morgan fingerprint density at radius 2 is 2.00 bits per heavy atom. The van der Waals surface area contributed by atoms with Gasteiger partial charge in [-0.15, -0.1) is 0 Å². The Bertz CT molecular complexity index is 901. The van der Waals surface area contributed by atoms with E-state index < -0.39 is 10.0 Å². The Morgan fingerprint density at radius 3 is 2.75 bits per heavy atom. The van der Waals surface area contributed by atoms with Crippen molar-refractivity contribution >= 4 is 16.2 Å². The van der Waals surface area contributed by atoms with Crippen molar-refractivity contribution in [3.8, 4) is 0 Å². The molecule has 6 heteroatoms. The molecular formula is C22H29N3O2S. The summed E-state index contributed by atoms with van der Waals surface area (Å²) >= 11 is 0. The normalized spacial score (nSPS) is 23.5. The largest absolute Gasteiger partial charge is 0.328 e. The number of allylic oxidation sites excluding steroid dienone is 4. The van der Waals surface area contributed by atoms with E-state index in [1.807, 2.05) is 50.4 Å². The van der Waals surface area contributed by atoms with Crippen LogP contribution >= 0.6 is 0 Å². The topological polar surface area (TPSA) is 84.5 Å². The highest BCUT2D eigenvalue weighted by molar-refractivity contribution is 7.93. The number of sulfonamides is 1. The molecular weight excluding hydrogens is 370 g/mol. The summed E-state index contributed by atoms with van der Waals surface area (Å²) in [6.45, 7) is 3.89. The number of fused-ring (bicyclic) bond motifs is 1. The van der Waals surface area contributed by atoms with E-state index in [0.29, 0.717) is 11.3 Å². The molecule has 0 fully saturated rings. The zero-order valence-corrected chi connectivity index (χ0v) is 17.3. The van der Waals surface area contributed by atoms with Crippen LogP contribution in [0.3, 0.4) is 0 Å². The standard InChI is InChI=1S/C22H29N3O2S/c1-16-12-21(14-19-10-11-24-15-22(16)19)28(26,27)25-17(2)13-20(23)9-8-18-6-4-3-5-7-18/h3-7,10-12,14-17,20,22,25H,8-9,13,23H2,1-2H3/t16?,17-,20?,22?/m1/s1. The molecule has 1 aliphatic heterocycles. The summed E-state index contributed by atoms with van der Waals surface area (Å²) in [6, 6.07) is 9.91. The van der Waals surface area contributed by atoms with Gasteiger partial charge in [0.2, 0.25) is 10.0 Å². The molecule has 3 unspecified atom stereocenters. The molecule has 0 saturated heterocycles. The maximum Gasteiger partial charge on any atom is 0.240 e. The monoisotopic (exact) mass is 399 g/mol. The second kappa shape index (κ2) is 8.99. The number of nitrogens with one attached hydrogen (secondary N) is 1. The first-order chi connectivity index (χ1) is 13.3. The van der Waals surface area contributed by atoms with Crippen molar-refractivity contribution in [2.45, 2.75) is 45.2 Å². The van der Waals surface area contributed by atoms with Gasteiger partial charge in [-0.1, -0.05) is 43.3 Å². The van der Waals surface area contributed by atoms with Crippen molar-refractivity contribution < 1.29 is 8.42 Å². The Hall–Kier alpha value is -2.02. The minimum Gasteiger partial charge on any atom is -0.328 e. The smallest absolute Gasteiger partial charge is 0.240 e. The highest BCUT2D eigenvalue weighted by Gasteiger charge is 2.28. The number of nitrogens with two attached hydrogens (primary N) is 1. The second-order valence-electron chi connectivity index (χ2n) is 7.75. The molecule has 3 N–H and O–H groups in total. The highest BCUT2D eigenvalue weighted by Crippen LogP contribution is 2.32. The summed E-state index contributed by atoms with van der Waals surface area (Å²) in [7, 11) is -3.58. The van der Waals surface area contributed by atoms with Crippen molar-refractivity contribution in [3.63, 3.8) is 0 Å². The quantitative estimate of drug-likeness (QED) is 0.703. The zero-order chi connectivity index (χ0) is 20.1. The average molecular weight is 400 g/mol. The molecule has 150 valence electrons. The fourth-order valence-electron chi connectivity index (χ4n) is 3.74. The van der Waals surface area contributed by atoms with Crippen LogP contribution in [0.25, 0.3) is 0 Å². The molecule has 4 atom stereocenters. The van der Waals surface area contributed by atoms with Gasteiger partial charge < -0.3 is 5.73 Å². The Kier molecular flexibility index (Phi) is 6.65. The Balaban J connectivity index is 1.57. The maximum atomic E-state index is 12.9. The van der Waals surface area contributed by atoms with Crippen LogP contribution in [-0.2, 0) is 16.4 Å². The minimum atomic E-state index is -3.58. The molecule has 0 aromatic heterocycles. The number of aliphatic imine (C=N–C) groups is 1. The van der Waals surface area contributed by atoms with Gasteiger partial charge in [-0.2, -0.15) is 0 Å². The predicted octanol–water partition coefficient (Wildman–Crippen LogP) is 3.32. The summed E-state index contributed by atoms with van der Waals surface area (Å²) in [5, 5.41) is 0. The SMILES string of the molecule is CC1C=C(S(=O)(=O)N[C@H](C)CC(N)CCc2ccccc2)C=C2C=CN=CC21. The second-order valence-corrected chi connectivity index (χ2v) is 9.47. The van der Waals surface area contributed by atoms with Gasteiger partial charge in [-0.25, -0.2) is 13.1 Å². The summed E-state index contributed by atoms with van der Waals surface area (Å²) in [4.78, 5) is 4.49. The van der Waals surface area contributed by atoms with E-state index in [1.165, 1.54) is 5.56 Å². The number of benzene rings is 1. The summed E-state index contributed by atoms with van der Waals surface area (Å²) in [5.41, 5.74) is 8.48. The van der Waals surface area contributed by atoms with Gasteiger partial charge in [0, 0.05) is 30.4 Å². The van der Waals surface area contributed by atoms with Crippen LogP contribution in [0.5, 0.6) is 0 Å². The average Bonchev–Trinajstić information content (AvgIpc) is 2.66. The van der Waals surface area contributed by atoms with Gasteiger partial charge in [0.1, 0.15) is 0 Å². The minimum absolute atomic E-state index is 0.0580. The number of hydrogen-bond acceptors (Lipinski definition) is 4. The Labute approximate surface area is 168 Å². The zero-order valence-electron chi connectivity index (χ0n) is 16.5. The van der Waals surface area contributed by atoms with E-state index in [1.54, 1.807) is 12.3 Å². The number of nitrogens with zero attached hydrogens (tertiary/aromatic N) is 1. The van der Waals surface area contributed by atoms with Gasteiger partial charge in [-0.05, 0) is 55.4 Å². The molecule has 3 rings (SSSR count). The van der Waals surface area contributed by atoms with E-state index in [4.69, 9.17) is 5.73 Å². The third kappa shape index (κ3) is 5.28. The van der Waals surface area contributed by atoms with Gasteiger partial charge in [0.15, 0.2) is 0 Å². The molecule has 0 saturated carbocycles. The van der Waals surface area contributed by atoms with E-state index in [9.17, 15) is 8.42 Å². The first-order valence-electron chi connectivity index (χ1n) is 9.80. The van der Waals surface area contributed by atoms with Crippen molar-refractivity contribution in [3.05, 3.63) is 70.8 Å². The lowest BCUT2D eigenvalue weighted by molar-refractivity contribution is 0.486. The molecule has 0 spiro atoms. The number of hydrogen-bond donors (Lipinski definition) is 2. The third-order valence-electron chi connectivity index (χ3n) is 5.26. The van der Waals surface area contributed by atoms with Crippen molar-refractivity contribution in [2.75, 3.05) is 0 Å². The summed E-state index contributed by atoms with van der Waals surface area (Å²) < 4.78 is 28.5. The fraction of sp³-hybridized carbons (Fsp3) is 0.409. The Morgan fingerprint density at radius 1 is 1.25 bits per heavy atom. The first-order valence-corrected chi connectivity index (χ1v) is 11.3.